The van der Waals surface area contributed by atoms with E-state index in [4.69, 9.17) is 9.47 Å². The maximum atomic E-state index is 14.4. The van der Waals surface area contributed by atoms with Gasteiger partial charge in [-0.25, -0.2) is 4.39 Å². The van der Waals surface area contributed by atoms with Crippen LogP contribution in [0.2, 0.25) is 0 Å². The Morgan fingerprint density at radius 1 is 1.18 bits per heavy atom. The molecule has 2 bridgehead atoms. The van der Waals surface area contributed by atoms with Crippen molar-refractivity contribution < 1.29 is 23.5 Å². The van der Waals surface area contributed by atoms with Gasteiger partial charge in [0.25, 0.3) is 0 Å². The highest BCUT2D eigenvalue weighted by molar-refractivity contribution is 9.10. The number of Topliss-reactive ketones (excluding diaryl/α,β-unsaturated/α-hetero) is 2. The van der Waals surface area contributed by atoms with E-state index in [0.717, 1.165) is 12.8 Å². The van der Waals surface area contributed by atoms with Gasteiger partial charge in [0.2, 0.25) is 0 Å². The molecule has 0 N–H and O–H groups in total. The molecule has 3 fully saturated rings. The molecule has 1 aliphatic carbocycles. The van der Waals surface area contributed by atoms with Gasteiger partial charge >= 0.3 is 0 Å². The summed E-state index contributed by atoms with van der Waals surface area (Å²) in [4.78, 5) is 25.5. The summed E-state index contributed by atoms with van der Waals surface area (Å²) in [5.74, 6) is -2.69. The maximum absolute atomic E-state index is 14.4. The second-order valence-corrected chi connectivity index (χ2v) is 7.00. The lowest BCUT2D eigenvalue weighted by molar-refractivity contribution is -0.127. The van der Waals surface area contributed by atoms with Crippen molar-refractivity contribution in [3.63, 3.8) is 0 Å². The van der Waals surface area contributed by atoms with E-state index in [2.05, 4.69) is 15.9 Å². The fourth-order valence-electron chi connectivity index (χ4n) is 4.22. The van der Waals surface area contributed by atoms with Crippen LogP contribution in [0, 0.1) is 17.7 Å². The van der Waals surface area contributed by atoms with Gasteiger partial charge in [0.15, 0.2) is 11.6 Å². The molecule has 4 nitrogen and oxygen atoms in total. The molecule has 4 unspecified atom stereocenters. The van der Waals surface area contributed by atoms with Gasteiger partial charge in [0.1, 0.15) is 17.5 Å². The number of fused-ring (bicyclic) bond motifs is 5. The van der Waals surface area contributed by atoms with Crippen molar-refractivity contribution in [3.8, 4) is 5.75 Å². The lowest BCUT2D eigenvalue weighted by Gasteiger charge is -2.16. The van der Waals surface area contributed by atoms with Gasteiger partial charge in [0, 0.05) is 10.0 Å². The van der Waals surface area contributed by atoms with E-state index in [0.29, 0.717) is 4.47 Å². The predicted molar refractivity (Wildman–Crippen MR) is 78.3 cm³/mol. The van der Waals surface area contributed by atoms with E-state index in [-0.39, 0.29) is 35.1 Å². The zero-order valence-corrected chi connectivity index (χ0v) is 13.4. The fourth-order valence-corrected chi connectivity index (χ4v) is 4.63. The second-order valence-electron chi connectivity index (χ2n) is 6.08. The summed E-state index contributed by atoms with van der Waals surface area (Å²) in [5.41, 5.74) is 0.0644. The Morgan fingerprint density at radius 3 is 2.32 bits per heavy atom. The monoisotopic (exact) mass is 368 g/mol. The number of hydrogen-bond donors (Lipinski definition) is 0. The molecule has 1 saturated carbocycles. The highest BCUT2D eigenvalue weighted by Crippen LogP contribution is 2.53. The van der Waals surface area contributed by atoms with Gasteiger partial charge in [-0.15, -0.1) is 0 Å². The van der Waals surface area contributed by atoms with Crippen LogP contribution in [0.1, 0.15) is 24.3 Å². The molecule has 3 aliphatic rings. The Bertz CT molecular complexity index is 661. The summed E-state index contributed by atoms with van der Waals surface area (Å²) in [6.07, 6.45) is 1.25. The molecule has 1 aromatic carbocycles. The number of halogens is 2. The summed E-state index contributed by atoms with van der Waals surface area (Å²) in [7, 11) is 1.41. The van der Waals surface area contributed by atoms with Crippen LogP contribution in [0.3, 0.4) is 0 Å². The van der Waals surface area contributed by atoms with E-state index in [1.165, 1.54) is 13.2 Å². The average Bonchev–Trinajstić information content (AvgIpc) is 3.14. The summed E-state index contributed by atoms with van der Waals surface area (Å²) in [5, 5.41) is 0. The first kappa shape index (κ1) is 14.3. The molecule has 116 valence electrons. The third-order valence-electron chi connectivity index (χ3n) is 5.06. The largest absolute Gasteiger partial charge is 0.496 e. The van der Waals surface area contributed by atoms with E-state index in [1.54, 1.807) is 6.07 Å². The summed E-state index contributed by atoms with van der Waals surface area (Å²) in [6.45, 7) is 0. The van der Waals surface area contributed by atoms with E-state index >= 15 is 0 Å². The van der Waals surface area contributed by atoms with Gasteiger partial charge in [-0.2, -0.15) is 0 Å². The quantitative estimate of drug-likeness (QED) is 0.753. The second kappa shape index (κ2) is 4.86. The zero-order valence-electron chi connectivity index (χ0n) is 11.8. The van der Waals surface area contributed by atoms with Crippen LogP contribution < -0.4 is 4.74 Å². The highest BCUT2D eigenvalue weighted by atomic mass is 79.9. The molecule has 2 aliphatic heterocycles. The Kier molecular flexibility index (Phi) is 3.17. The van der Waals surface area contributed by atoms with Gasteiger partial charge in [0.05, 0.1) is 31.2 Å². The number of carbonyl (C=O) groups excluding carboxylic acids is 2. The molecule has 6 heteroatoms. The molecule has 0 spiro atoms. The molecular formula is C16H14BrFO4. The SMILES string of the molecule is COc1cc(Br)cc(F)c1C1C(=O)C2C3CCC(O3)C2C1=O. The first-order valence-corrected chi connectivity index (χ1v) is 8.08. The van der Waals surface area contributed by atoms with Crippen molar-refractivity contribution in [3.05, 3.63) is 28.0 Å². The van der Waals surface area contributed by atoms with E-state index < -0.39 is 23.6 Å². The minimum Gasteiger partial charge on any atom is -0.496 e. The van der Waals surface area contributed by atoms with Crippen molar-refractivity contribution in [1.29, 1.82) is 0 Å². The average molecular weight is 369 g/mol. The number of ketones is 2. The number of methoxy groups -OCH3 is 1. The van der Waals surface area contributed by atoms with E-state index in [9.17, 15) is 14.0 Å². The lowest BCUT2D eigenvalue weighted by atomic mass is 9.81. The first-order chi connectivity index (χ1) is 10.5. The Hall–Kier alpha value is -1.27. The third kappa shape index (κ3) is 1.77. The predicted octanol–water partition coefficient (Wildman–Crippen LogP) is 2.63. The Balaban J connectivity index is 1.81. The summed E-state index contributed by atoms with van der Waals surface area (Å²) in [6, 6.07) is 2.84. The molecule has 0 radical (unpaired) electrons. The molecule has 1 aromatic rings. The standard InChI is InChI=1S/C16H14BrFO4/c1-21-10-5-6(17)4-7(18)11(10)14-15(19)12-8-2-3-9(22-8)13(12)16(14)20/h4-5,8-9,12-14H,2-3H2,1H3. The van der Waals surface area contributed by atoms with Crippen LogP contribution in [0.15, 0.2) is 16.6 Å². The molecule has 4 atom stereocenters. The normalized spacial score (nSPS) is 36.0. The van der Waals surface area contributed by atoms with Crippen molar-refractivity contribution in [2.24, 2.45) is 11.8 Å². The van der Waals surface area contributed by atoms with Crippen LogP contribution in [0.5, 0.6) is 5.75 Å². The number of ether oxygens (including phenoxy) is 2. The van der Waals surface area contributed by atoms with Crippen molar-refractivity contribution in [2.75, 3.05) is 7.11 Å². The molecule has 4 rings (SSSR count). The third-order valence-corrected chi connectivity index (χ3v) is 5.52. The van der Waals surface area contributed by atoms with Crippen molar-refractivity contribution in [1.82, 2.24) is 0 Å². The van der Waals surface area contributed by atoms with Gasteiger partial charge in [-0.1, -0.05) is 15.9 Å². The smallest absolute Gasteiger partial charge is 0.154 e. The van der Waals surface area contributed by atoms with Gasteiger partial charge < -0.3 is 9.47 Å². The highest BCUT2D eigenvalue weighted by Gasteiger charge is 2.63. The zero-order chi connectivity index (χ0) is 15.6. The molecule has 2 saturated heterocycles. The van der Waals surface area contributed by atoms with Crippen LogP contribution >= 0.6 is 15.9 Å². The minimum atomic E-state index is -1.06. The summed E-state index contributed by atoms with van der Waals surface area (Å²) >= 11 is 3.19. The maximum Gasteiger partial charge on any atom is 0.154 e. The summed E-state index contributed by atoms with van der Waals surface area (Å²) < 4.78 is 25.8. The van der Waals surface area contributed by atoms with Crippen LogP contribution in [0.25, 0.3) is 0 Å². The Labute approximate surface area is 135 Å². The topological polar surface area (TPSA) is 52.6 Å². The van der Waals surface area contributed by atoms with Crippen LogP contribution in [-0.2, 0) is 14.3 Å². The number of rotatable bonds is 2. The Morgan fingerprint density at radius 2 is 1.77 bits per heavy atom. The number of carbonyl (C=O) groups is 2. The number of hydrogen-bond acceptors (Lipinski definition) is 4. The van der Waals surface area contributed by atoms with Crippen LogP contribution in [-0.4, -0.2) is 30.9 Å². The molecule has 22 heavy (non-hydrogen) atoms. The van der Waals surface area contributed by atoms with Gasteiger partial charge in [-0.05, 0) is 25.0 Å². The lowest BCUT2D eigenvalue weighted by Crippen LogP contribution is -2.29. The van der Waals surface area contributed by atoms with Crippen molar-refractivity contribution >= 4 is 27.5 Å². The molecular weight excluding hydrogens is 355 g/mol. The number of benzene rings is 1. The fraction of sp³-hybridized carbons (Fsp3) is 0.500. The van der Waals surface area contributed by atoms with E-state index in [1.807, 2.05) is 0 Å². The minimum absolute atomic E-state index is 0.0644. The first-order valence-electron chi connectivity index (χ1n) is 7.28. The molecule has 0 amide bonds. The van der Waals surface area contributed by atoms with Crippen molar-refractivity contribution in [2.45, 2.75) is 31.0 Å². The van der Waals surface area contributed by atoms with Gasteiger partial charge in [-0.3, -0.25) is 9.59 Å². The molecule has 0 aromatic heterocycles. The molecule has 2 heterocycles. The van der Waals surface area contributed by atoms with Crippen LogP contribution in [0.4, 0.5) is 4.39 Å².